The van der Waals surface area contributed by atoms with Crippen molar-refractivity contribution in [3.8, 4) is 11.5 Å². The summed E-state index contributed by atoms with van der Waals surface area (Å²) < 4.78 is 18.2. The second kappa shape index (κ2) is 10.9. The van der Waals surface area contributed by atoms with Crippen molar-refractivity contribution >= 4 is 74.0 Å². The maximum atomic E-state index is 12.8. The van der Waals surface area contributed by atoms with Gasteiger partial charge in [0, 0.05) is 3.57 Å². The number of nitrogens with zero attached hydrogens (tertiary/aromatic N) is 1. The number of hydrogen-bond acceptors (Lipinski definition) is 6. The van der Waals surface area contributed by atoms with Crippen molar-refractivity contribution in [2.75, 3.05) is 6.61 Å². The molecule has 0 aliphatic carbocycles. The van der Waals surface area contributed by atoms with Crippen LogP contribution in [0.3, 0.4) is 0 Å². The Morgan fingerprint density at radius 1 is 1.20 bits per heavy atom. The zero-order valence-electron chi connectivity index (χ0n) is 18.6. The molecule has 0 atom stereocenters. The molecule has 178 valence electrons. The van der Waals surface area contributed by atoms with Gasteiger partial charge < -0.3 is 14.2 Å². The fourth-order valence-electron chi connectivity index (χ4n) is 3.33. The Morgan fingerprint density at radius 3 is 2.71 bits per heavy atom. The van der Waals surface area contributed by atoms with Crippen LogP contribution in [0.25, 0.3) is 6.08 Å². The number of aliphatic imine (C=N–C) groups is 1. The van der Waals surface area contributed by atoms with Gasteiger partial charge in [0.1, 0.15) is 0 Å². The number of rotatable bonds is 6. The van der Waals surface area contributed by atoms with Gasteiger partial charge in [0.15, 0.2) is 17.2 Å². The largest absolute Gasteiger partial charge is 0.490 e. The number of halogens is 3. The van der Waals surface area contributed by atoms with Crippen molar-refractivity contribution in [2.45, 2.75) is 13.8 Å². The summed E-state index contributed by atoms with van der Waals surface area (Å²) in [6, 6.07) is 15.9. The van der Waals surface area contributed by atoms with Crippen LogP contribution in [0.1, 0.15) is 34.0 Å². The Labute approximate surface area is 229 Å². The molecule has 0 radical (unpaired) electrons. The van der Waals surface area contributed by atoms with E-state index < -0.39 is 11.9 Å². The van der Waals surface area contributed by atoms with Crippen molar-refractivity contribution in [2.24, 2.45) is 4.99 Å². The van der Waals surface area contributed by atoms with Crippen molar-refractivity contribution in [1.82, 2.24) is 0 Å². The van der Waals surface area contributed by atoms with Gasteiger partial charge in [0.2, 0.25) is 5.90 Å². The lowest BCUT2D eigenvalue weighted by Gasteiger charge is -2.14. The molecule has 1 heterocycles. The van der Waals surface area contributed by atoms with Crippen LogP contribution in [0.2, 0.25) is 5.02 Å². The zero-order chi connectivity index (χ0) is 25.1. The number of carbonyl (C=O) groups is 2. The summed E-state index contributed by atoms with van der Waals surface area (Å²) in [6.45, 7) is 4.00. The first kappa shape index (κ1) is 25.4. The fourth-order valence-corrected chi connectivity index (χ4v) is 4.56. The first-order valence-corrected chi connectivity index (χ1v) is 12.7. The molecule has 0 fully saturated rings. The van der Waals surface area contributed by atoms with Crippen LogP contribution in [0.5, 0.6) is 11.5 Å². The predicted molar refractivity (Wildman–Crippen MR) is 146 cm³/mol. The highest BCUT2D eigenvalue weighted by Gasteiger charge is 2.26. The SMILES string of the molecule is CCOc1cc(/C=C2\N=C(c3cc(I)ccc3Cl)OC2=O)cc(Br)c1OC(=O)c1ccccc1C. The van der Waals surface area contributed by atoms with E-state index in [-0.39, 0.29) is 17.3 Å². The molecule has 0 N–H and O–H groups in total. The van der Waals surface area contributed by atoms with Crippen molar-refractivity contribution in [3.63, 3.8) is 0 Å². The summed E-state index contributed by atoms with van der Waals surface area (Å²) in [4.78, 5) is 29.6. The van der Waals surface area contributed by atoms with E-state index >= 15 is 0 Å². The zero-order valence-corrected chi connectivity index (χ0v) is 23.1. The molecule has 0 saturated heterocycles. The highest BCUT2D eigenvalue weighted by molar-refractivity contribution is 14.1. The van der Waals surface area contributed by atoms with E-state index in [1.165, 1.54) is 0 Å². The Morgan fingerprint density at radius 2 is 1.97 bits per heavy atom. The molecule has 0 amide bonds. The fraction of sp³-hybridized carbons (Fsp3) is 0.115. The molecule has 6 nitrogen and oxygen atoms in total. The molecule has 1 aliphatic rings. The third-order valence-electron chi connectivity index (χ3n) is 4.97. The molecule has 0 bridgehead atoms. The van der Waals surface area contributed by atoms with Crippen molar-refractivity contribution in [1.29, 1.82) is 0 Å². The van der Waals surface area contributed by atoms with Gasteiger partial charge in [-0.05, 0) is 106 Å². The van der Waals surface area contributed by atoms with Crippen LogP contribution in [0, 0.1) is 10.5 Å². The quantitative estimate of drug-likeness (QED) is 0.123. The monoisotopic (exact) mass is 665 g/mol. The number of cyclic esters (lactones) is 1. The number of carbonyl (C=O) groups excluding carboxylic acids is 2. The summed E-state index contributed by atoms with van der Waals surface area (Å²) in [5.41, 5.74) is 2.49. The summed E-state index contributed by atoms with van der Waals surface area (Å²) in [7, 11) is 0. The molecule has 9 heteroatoms. The van der Waals surface area contributed by atoms with Crippen LogP contribution < -0.4 is 9.47 Å². The lowest BCUT2D eigenvalue weighted by atomic mass is 10.1. The Bertz CT molecular complexity index is 1400. The minimum atomic E-state index is -0.598. The van der Waals surface area contributed by atoms with Crippen LogP contribution in [0.4, 0.5) is 0 Å². The normalized spacial score (nSPS) is 14.0. The standard InChI is InChI=1S/C26H18BrClINO5/c1-3-33-22-12-15(10-19(27)23(22)34-25(31)17-7-5-4-6-14(17)2)11-21-26(32)35-24(30-21)18-13-16(29)8-9-20(18)28/h4-13H,3H2,1-2H3/b21-11-. The maximum absolute atomic E-state index is 12.8. The van der Waals surface area contributed by atoms with E-state index in [0.29, 0.717) is 38.5 Å². The van der Waals surface area contributed by atoms with Gasteiger partial charge in [-0.3, -0.25) is 0 Å². The van der Waals surface area contributed by atoms with Gasteiger partial charge in [-0.1, -0.05) is 29.8 Å². The second-order valence-corrected chi connectivity index (χ2v) is 9.93. The van der Waals surface area contributed by atoms with Crippen LogP contribution in [-0.2, 0) is 9.53 Å². The van der Waals surface area contributed by atoms with Crippen LogP contribution >= 0.6 is 50.1 Å². The maximum Gasteiger partial charge on any atom is 0.363 e. The van der Waals surface area contributed by atoms with E-state index in [0.717, 1.165) is 9.13 Å². The number of hydrogen-bond donors (Lipinski definition) is 0. The molecule has 0 spiro atoms. The van der Waals surface area contributed by atoms with E-state index in [2.05, 4.69) is 43.5 Å². The first-order valence-electron chi connectivity index (χ1n) is 10.5. The van der Waals surface area contributed by atoms with E-state index in [1.54, 1.807) is 42.5 Å². The Kier molecular flexibility index (Phi) is 7.93. The highest BCUT2D eigenvalue weighted by atomic mass is 127. The average molecular weight is 667 g/mol. The van der Waals surface area contributed by atoms with Gasteiger partial charge in [0.05, 0.1) is 27.2 Å². The molecule has 0 unspecified atom stereocenters. The van der Waals surface area contributed by atoms with Gasteiger partial charge in [0.25, 0.3) is 0 Å². The van der Waals surface area contributed by atoms with Gasteiger partial charge in [-0.15, -0.1) is 0 Å². The molecule has 0 saturated carbocycles. The molecular formula is C26H18BrClINO5. The number of benzene rings is 3. The molecule has 3 aromatic carbocycles. The molecule has 4 rings (SSSR count). The van der Waals surface area contributed by atoms with E-state index in [1.807, 2.05) is 32.0 Å². The third-order valence-corrected chi connectivity index (χ3v) is 6.56. The van der Waals surface area contributed by atoms with Crippen LogP contribution in [-0.4, -0.2) is 24.4 Å². The summed E-state index contributed by atoms with van der Waals surface area (Å²) >= 11 is 11.9. The third kappa shape index (κ3) is 5.76. The van der Waals surface area contributed by atoms with Gasteiger partial charge in [-0.25, -0.2) is 14.6 Å². The predicted octanol–water partition coefficient (Wildman–Crippen LogP) is 6.98. The van der Waals surface area contributed by atoms with Crippen molar-refractivity contribution in [3.05, 3.63) is 95.6 Å². The van der Waals surface area contributed by atoms with E-state index in [9.17, 15) is 9.59 Å². The molecule has 1 aliphatic heterocycles. The number of aryl methyl sites for hydroxylation is 1. The Hall–Kier alpha value is -2.69. The molecule has 35 heavy (non-hydrogen) atoms. The first-order chi connectivity index (χ1) is 16.8. The Balaban J connectivity index is 1.67. The smallest absolute Gasteiger partial charge is 0.363 e. The minimum Gasteiger partial charge on any atom is -0.490 e. The van der Waals surface area contributed by atoms with E-state index in [4.69, 9.17) is 25.8 Å². The van der Waals surface area contributed by atoms with Gasteiger partial charge in [-0.2, -0.15) is 0 Å². The number of esters is 2. The van der Waals surface area contributed by atoms with Gasteiger partial charge >= 0.3 is 11.9 Å². The lowest BCUT2D eigenvalue weighted by molar-refractivity contribution is -0.129. The highest BCUT2D eigenvalue weighted by Crippen LogP contribution is 2.38. The topological polar surface area (TPSA) is 74.2 Å². The summed E-state index contributed by atoms with van der Waals surface area (Å²) in [6.07, 6.45) is 1.57. The van der Waals surface area contributed by atoms with Crippen molar-refractivity contribution < 1.29 is 23.8 Å². The molecule has 3 aromatic rings. The average Bonchev–Trinajstić information content (AvgIpc) is 3.18. The summed E-state index contributed by atoms with van der Waals surface area (Å²) in [5.74, 6) is -0.381. The second-order valence-electron chi connectivity index (χ2n) is 7.43. The minimum absolute atomic E-state index is 0.105. The van der Waals surface area contributed by atoms with Crippen LogP contribution in [0.15, 0.2) is 69.8 Å². The molecule has 0 aromatic heterocycles. The number of ether oxygens (including phenoxy) is 3. The molecular weight excluding hydrogens is 649 g/mol. The lowest BCUT2D eigenvalue weighted by Crippen LogP contribution is -2.11. The summed E-state index contributed by atoms with van der Waals surface area (Å²) in [5, 5.41) is 0.430.